The molecule has 2 aromatic carbocycles. The normalized spacial score (nSPS) is 15.5. The highest BCUT2D eigenvalue weighted by atomic mass is 16.6. The molecule has 2 aromatic rings. The first-order valence-electron chi connectivity index (χ1n) is 7.87. The van der Waals surface area contributed by atoms with Gasteiger partial charge in [-0.3, -0.25) is 24.6 Å². The molecule has 1 unspecified atom stereocenters. The van der Waals surface area contributed by atoms with Crippen LogP contribution in [-0.2, 0) is 16.1 Å². The summed E-state index contributed by atoms with van der Waals surface area (Å²) in [6, 6.07) is 13.1. The maximum absolute atomic E-state index is 12.6. The minimum absolute atomic E-state index is 0.0942. The Kier molecular flexibility index (Phi) is 4.49. The summed E-state index contributed by atoms with van der Waals surface area (Å²) in [5.74, 6) is -1.79. The molecule has 1 aliphatic rings. The van der Waals surface area contributed by atoms with Crippen molar-refractivity contribution < 1.29 is 19.3 Å². The highest BCUT2D eigenvalue weighted by molar-refractivity contribution is 6.44. The standard InChI is InChI=1S/C18H15N3O5/c1-12(14-5-3-2-4-6-14)20-17(23)16(22)19(18(20)24)11-13-7-9-15(10-8-13)21(25)26/h2-10,12H,11H2,1H3. The number of non-ortho nitro benzene ring substituents is 1. The average Bonchev–Trinajstić information content (AvgIpc) is 2.86. The van der Waals surface area contributed by atoms with Gasteiger partial charge in [0.15, 0.2) is 0 Å². The minimum Gasteiger partial charge on any atom is -0.263 e. The van der Waals surface area contributed by atoms with E-state index in [4.69, 9.17) is 0 Å². The molecule has 0 radical (unpaired) electrons. The van der Waals surface area contributed by atoms with Crippen molar-refractivity contribution in [2.24, 2.45) is 0 Å². The van der Waals surface area contributed by atoms with Crippen LogP contribution < -0.4 is 0 Å². The summed E-state index contributed by atoms with van der Waals surface area (Å²) in [7, 11) is 0. The lowest BCUT2D eigenvalue weighted by atomic mass is 10.1. The van der Waals surface area contributed by atoms with Gasteiger partial charge in [0.25, 0.3) is 5.69 Å². The quantitative estimate of drug-likeness (QED) is 0.356. The zero-order valence-electron chi connectivity index (χ0n) is 13.9. The lowest BCUT2D eigenvalue weighted by molar-refractivity contribution is -0.384. The van der Waals surface area contributed by atoms with E-state index < -0.39 is 28.8 Å². The summed E-state index contributed by atoms with van der Waals surface area (Å²) >= 11 is 0. The average molecular weight is 353 g/mol. The molecule has 0 bridgehead atoms. The van der Waals surface area contributed by atoms with Crippen molar-refractivity contribution in [3.63, 3.8) is 0 Å². The zero-order valence-corrected chi connectivity index (χ0v) is 13.9. The molecule has 0 spiro atoms. The lowest BCUT2D eigenvalue weighted by Gasteiger charge is -2.22. The van der Waals surface area contributed by atoms with E-state index in [-0.39, 0.29) is 12.2 Å². The van der Waals surface area contributed by atoms with Crippen LogP contribution in [0.3, 0.4) is 0 Å². The summed E-state index contributed by atoms with van der Waals surface area (Å²) in [6.45, 7) is 1.55. The van der Waals surface area contributed by atoms with Crippen LogP contribution in [0.2, 0.25) is 0 Å². The molecule has 0 aromatic heterocycles. The van der Waals surface area contributed by atoms with E-state index in [0.717, 1.165) is 15.4 Å². The first-order valence-corrected chi connectivity index (χ1v) is 7.87. The van der Waals surface area contributed by atoms with Crippen molar-refractivity contribution in [3.8, 4) is 0 Å². The number of benzene rings is 2. The number of nitro groups is 1. The van der Waals surface area contributed by atoms with Gasteiger partial charge in [-0.15, -0.1) is 0 Å². The molecule has 132 valence electrons. The number of amides is 4. The second-order valence-corrected chi connectivity index (χ2v) is 5.86. The van der Waals surface area contributed by atoms with Gasteiger partial charge in [0.05, 0.1) is 17.5 Å². The molecule has 0 N–H and O–H groups in total. The predicted molar refractivity (Wildman–Crippen MR) is 90.7 cm³/mol. The van der Waals surface area contributed by atoms with E-state index in [9.17, 15) is 24.5 Å². The molecule has 1 fully saturated rings. The van der Waals surface area contributed by atoms with E-state index in [2.05, 4.69) is 0 Å². The smallest absolute Gasteiger partial charge is 0.263 e. The van der Waals surface area contributed by atoms with Gasteiger partial charge in [0.1, 0.15) is 0 Å². The number of rotatable bonds is 5. The van der Waals surface area contributed by atoms with Gasteiger partial charge in [-0.25, -0.2) is 9.69 Å². The van der Waals surface area contributed by atoms with Crippen molar-refractivity contribution in [3.05, 3.63) is 75.8 Å². The molecule has 1 atom stereocenters. The molecule has 8 heteroatoms. The number of imide groups is 2. The van der Waals surface area contributed by atoms with Crippen LogP contribution in [0.25, 0.3) is 0 Å². The first kappa shape index (κ1) is 17.3. The maximum Gasteiger partial charge on any atom is 0.335 e. The monoisotopic (exact) mass is 353 g/mol. The Bertz CT molecular complexity index is 879. The Morgan fingerprint density at radius 2 is 1.58 bits per heavy atom. The topological polar surface area (TPSA) is 101 Å². The summed E-state index contributed by atoms with van der Waals surface area (Å²) in [5, 5.41) is 10.7. The van der Waals surface area contributed by atoms with Crippen molar-refractivity contribution in [2.45, 2.75) is 19.5 Å². The Morgan fingerprint density at radius 3 is 2.15 bits per heavy atom. The number of carbonyl (C=O) groups excluding carboxylic acids is 3. The van der Waals surface area contributed by atoms with Crippen LogP contribution in [0.1, 0.15) is 24.1 Å². The summed E-state index contributed by atoms with van der Waals surface area (Å²) < 4.78 is 0. The lowest BCUT2D eigenvalue weighted by Crippen LogP contribution is -2.35. The Hall–Kier alpha value is -3.55. The van der Waals surface area contributed by atoms with Gasteiger partial charge >= 0.3 is 17.8 Å². The largest absolute Gasteiger partial charge is 0.335 e. The first-order chi connectivity index (χ1) is 12.4. The number of hydrogen-bond donors (Lipinski definition) is 0. The van der Waals surface area contributed by atoms with Gasteiger partial charge in [0.2, 0.25) is 0 Å². The molecule has 1 heterocycles. The zero-order chi connectivity index (χ0) is 18.8. The molecule has 1 saturated heterocycles. The van der Waals surface area contributed by atoms with Crippen molar-refractivity contribution in [1.82, 2.24) is 9.80 Å². The van der Waals surface area contributed by atoms with Crippen LogP contribution in [0, 0.1) is 10.1 Å². The number of hydrogen-bond acceptors (Lipinski definition) is 5. The molecular weight excluding hydrogens is 338 g/mol. The Morgan fingerprint density at radius 1 is 0.962 bits per heavy atom. The predicted octanol–water partition coefficient (Wildman–Crippen LogP) is 2.65. The highest BCUT2D eigenvalue weighted by Gasteiger charge is 2.46. The fourth-order valence-corrected chi connectivity index (χ4v) is 2.79. The fraction of sp³-hybridized carbons (Fsp3) is 0.167. The fourth-order valence-electron chi connectivity index (χ4n) is 2.79. The van der Waals surface area contributed by atoms with E-state index in [1.54, 1.807) is 31.2 Å². The van der Waals surface area contributed by atoms with Gasteiger partial charge < -0.3 is 0 Å². The molecule has 26 heavy (non-hydrogen) atoms. The highest BCUT2D eigenvalue weighted by Crippen LogP contribution is 2.27. The molecule has 4 amide bonds. The second-order valence-electron chi connectivity index (χ2n) is 5.86. The van der Waals surface area contributed by atoms with E-state index in [0.29, 0.717) is 5.56 Å². The molecule has 0 aliphatic carbocycles. The maximum atomic E-state index is 12.6. The van der Waals surface area contributed by atoms with Gasteiger partial charge in [-0.05, 0) is 18.1 Å². The molecule has 3 rings (SSSR count). The number of nitro benzene ring substituents is 1. The third-order valence-corrected chi connectivity index (χ3v) is 4.24. The number of carbonyl (C=O) groups is 3. The molecular formula is C18H15N3O5. The summed E-state index contributed by atoms with van der Waals surface area (Å²) in [6.07, 6.45) is 0. The van der Waals surface area contributed by atoms with E-state index >= 15 is 0 Å². The molecule has 0 saturated carbocycles. The summed E-state index contributed by atoms with van der Waals surface area (Å²) in [5.41, 5.74) is 1.15. The third-order valence-electron chi connectivity index (χ3n) is 4.24. The summed E-state index contributed by atoms with van der Waals surface area (Å²) in [4.78, 5) is 49.1. The van der Waals surface area contributed by atoms with Crippen molar-refractivity contribution in [2.75, 3.05) is 0 Å². The van der Waals surface area contributed by atoms with Crippen LogP contribution in [0.15, 0.2) is 54.6 Å². The van der Waals surface area contributed by atoms with Crippen LogP contribution in [0.4, 0.5) is 10.5 Å². The minimum atomic E-state index is -0.906. The van der Waals surface area contributed by atoms with E-state index in [1.807, 2.05) is 6.07 Å². The molecule has 1 aliphatic heterocycles. The van der Waals surface area contributed by atoms with Crippen LogP contribution >= 0.6 is 0 Å². The van der Waals surface area contributed by atoms with Gasteiger partial charge in [-0.2, -0.15) is 0 Å². The number of urea groups is 1. The van der Waals surface area contributed by atoms with Crippen molar-refractivity contribution >= 4 is 23.5 Å². The molecule has 8 nitrogen and oxygen atoms in total. The number of nitrogens with zero attached hydrogens (tertiary/aromatic N) is 3. The van der Waals surface area contributed by atoms with Crippen LogP contribution in [-0.4, -0.2) is 32.6 Å². The van der Waals surface area contributed by atoms with Gasteiger partial charge in [0, 0.05) is 12.1 Å². The SMILES string of the molecule is CC(c1ccccc1)N1C(=O)C(=O)N(Cc2ccc([N+](=O)[O-])cc2)C1=O. The Balaban J connectivity index is 1.81. The van der Waals surface area contributed by atoms with E-state index in [1.165, 1.54) is 24.3 Å². The third kappa shape index (κ3) is 3.04. The van der Waals surface area contributed by atoms with Crippen molar-refractivity contribution in [1.29, 1.82) is 0 Å². The second kappa shape index (κ2) is 6.75. The van der Waals surface area contributed by atoms with Gasteiger partial charge in [-0.1, -0.05) is 42.5 Å². The van der Waals surface area contributed by atoms with Crippen LogP contribution in [0.5, 0.6) is 0 Å². The Labute approximate surface area is 148 Å².